The first kappa shape index (κ1) is 15.1. The zero-order valence-corrected chi connectivity index (χ0v) is 12.1. The van der Waals surface area contributed by atoms with Crippen LogP contribution in [0, 0.1) is 5.92 Å². The standard InChI is InChI=1S/C14H24N2O4/c1-14(5-2-8-20-10-14)15-13(19)16-6-3-11(4-7-16)9-12(17)18/h11H,2-10H2,1H3,(H,15,19)(H,17,18). The molecule has 2 amide bonds. The summed E-state index contributed by atoms with van der Waals surface area (Å²) in [4.78, 5) is 24.7. The lowest BCUT2D eigenvalue weighted by atomic mass is 9.93. The quantitative estimate of drug-likeness (QED) is 0.822. The van der Waals surface area contributed by atoms with Gasteiger partial charge in [-0.05, 0) is 38.5 Å². The fraction of sp³-hybridized carbons (Fsp3) is 0.857. The minimum atomic E-state index is -0.750. The van der Waals surface area contributed by atoms with Gasteiger partial charge in [-0.2, -0.15) is 0 Å². The van der Waals surface area contributed by atoms with Crippen molar-refractivity contribution in [2.24, 2.45) is 5.92 Å². The van der Waals surface area contributed by atoms with Gasteiger partial charge in [0.15, 0.2) is 0 Å². The van der Waals surface area contributed by atoms with Crippen LogP contribution in [0.2, 0.25) is 0 Å². The number of carbonyl (C=O) groups excluding carboxylic acids is 1. The minimum Gasteiger partial charge on any atom is -0.481 e. The molecule has 1 atom stereocenters. The van der Waals surface area contributed by atoms with Crippen LogP contribution in [0.15, 0.2) is 0 Å². The van der Waals surface area contributed by atoms with Crippen LogP contribution in [0.1, 0.15) is 39.0 Å². The van der Waals surface area contributed by atoms with E-state index in [9.17, 15) is 9.59 Å². The van der Waals surface area contributed by atoms with Crippen LogP contribution in [0.4, 0.5) is 4.79 Å². The lowest BCUT2D eigenvalue weighted by Crippen LogP contribution is -2.56. The smallest absolute Gasteiger partial charge is 0.317 e. The highest BCUT2D eigenvalue weighted by Crippen LogP contribution is 2.22. The molecule has 2 saturated heterocycles. The maximum Gasteiger partial charge on any atom is 0.317 e. The van der Waals surface area contributed by atoms with Gasteiger partial charge in [0.05, 0.1) is 12.1 Å². The predicted octanol–water partition coefficient (Wildman–Crippen LogP) is 1.45. The van der Waals surface area contributed by atoms with E-state index in [1.54, 1.807) is 4.90 Å². The molecule has 0 aliphatic carbocycles. The number of piperidine rings is 1. The molecule has 0 aromatic rings. The zero-order chi connectivity index (χ0) is 14.6. The number of carboxylic acid groups (broad SMARTS) is 1. The second-order valence-corrected chi connectivity index (χ2v) is 6.18. The van der Waals surface area contributed by atoms with E-state index in [-0.39, 0.29) is 23.9 Å². The highest BCUT2D eigenvalue weighted by atomic mass is 16.5. The number of ether oxygens (including phenoxy) is 1. The molecule has 6 nitrogen and oxygen atoms in total. The number of nitrogens with one attached hydrogen (secondary N) is 1. The molecule has 2 heterocycles. The molecule has 0 aromatic carbocycles. The lowest BCUT2D eigenvalue weighted by Gasteiger charge is -2.38. The van der Waals surface area contributed by atoms with Gasteiger partial charge in [-0.1, -0.05) is 0 Å². The molecule has 0 radical (unpaired) electrons. The Morgan fingerprint density at radius 2 is 2.10 bits per heavy atom. The lowest BCUT2D eigenvalue weighted by molar-refractivity contribution is -0.138. The number of carbonyl (C=O) groups is 2. The van der Waals surface area contributed by atoms with Crippen molar-refractivity contribution in [2.45, 2.75) is 44.6 Å². The summed E-state index contributed by atoms with van der Waals surface area (Å²) in [6.07, 6.45) is 3.66. The van der Waals surface area contributed by atoms with Crippen molar-refractivity contribution in [1.82, 2.24) is 10.2 Å². The number of nitrogens with zero attached hydrogens (tertiary/aromatic N) is 1. The van der Waals surface area contributed by atoms with E-state index in [1.165, 1.54) is 0 Å². The SMILES string of the molecule is CC1(NC(=O)N2CCC(CC(=O)O)CC2)CCCOC1. The zero-order valence-electron chi connectivity index (χ0n) is 12.1. The first-order chi connectivity index (χ1) is 9.48. The van der Waals surface area contributed by atoms with Gasteiger partial charge in [0.25, 0.3) is 0 Å². The van der Waals surface area contributed by atoms with Crippen molar-refractivity contribution in [2.75, 3.05) is 26.3 Å². The molecule has 20 heavy (non-hydrogen) atoms. The number of urea groups is 1. The minimum absolute atomic E-state index is 0.0493. The van der Waals surface area contributed by atoms with Crippen molar-refractivity contribution in [1.29, 1.82) is 0 Å². The number of hydrogen-bond donors (Lipinski definition) is 2. The van der Waals surface area contributed by atoms with Gasteiger partial charge >= 0.3 is 12.0 Å². The van der Waals surface area contributed by atoms with E-state index < -0.39 is 5.97 Å². The maximum atomic E-state index is 12.2. The third-order valence-corrected chi connectivity index (χ3v) is 4.21. The highest BCUT2D eigenvalue weighted by molar-refractivity contribution is 5.75. The van der Waals surface area contributed by atoms with Crippen LogP contribution >= 0.6 is 0 Å². The Hall–Kier alpha value is -1.30. The second kappa shape index (κ2) is 6.43. The summed E-state index contributed by atoms with van der Waals surface area (Å²) in [5, 5.41) is 11.9. The fourth-order valence-electron chi connectivity index (χ4n) is 2.96. The Balaban J connectivity index is 1.78. The van der Waals surface area contributed by atoms with E-state index in [4.69, 9.17) is 9.84 Å². The Morgan fingerprint density at radius 1 is 1.40 bits per heavy atom. The van der Waals surface area contributed by atoms with Crippen LogP contribution < -0.4 is 5.32 Å². The molecule has 2 aliphatic heterocycles. The fourth-order valence-corrected chi connectivity index (χ4v) is 2.96. The summed E-state index contributed by atoms with van der Waals surface area (Å²) in [6, 6.07) is -0.0493. The van der Waals surface area contributed by atoms with Gasteiger partial charge in [-0.25, -0.2) is 4.79 Å². The Bertz CT molecular complexity index is 358. The van der Waals surface area contributed by atoms with E-state index in [2.05, 4.69) is 5.32 Å². The summed E-state index contributed by atoms with van der Waals surface area (Å²) < 4.78 is 5.44. The molecule has 0 aromatic heterocycles. The van der Waals surface area contributed by atoms with E-state index in [0.29, 0.717) is 19.7 Å². The first-order valence-corrected chi connectivity index (χ1v) is 7.35. The largest absolute Gasteiger partial charge is 0.481 e. The normalized spacial score (nSPS) is 28.1. The predicted molar refractivity (Wildman–Crippen MR) is 73.5 cm³/mol. The van der Waals surface area contributed by atoms with Gasteiger partial charge in [-0.3, -0.25) is 4.79 Å². The van der Waals surface area contributed by atoms with Gasteiger partial charge in [0, 0.05) is 26.1 Å². The van der Waals surface area contributed by atoms with Gasteiger partial charge in [0.2, 0.25) is 0 Å². The summed E-state index contributed by atoms with van der Waals surface area (Å²) in [7, 11) is 0. The number of hydrogen-bond acceptors (Lipinski definition) is 3. The van der Waals surface area contributed by atoms with Crippen molar-refractivity contribution in [3.8, 4) is 0 Å². The third kappa shape index (κ3) is 4.10. The molecule has 0 spiro atoms. The summed E-state index contributed by atoms with van der Waals surface area (Å²) in [5.41, 5.74) is -0.271. The van der Waals surface area contributed by atoms with Crippen LogP contribution in [0.3, 0.4) is 0 Å². The van der Waals surface area contributed by atoms with Crippen molar-refractivity contribution in [3.63, 3.8) is 0 Å². The van der Waals surface area contributed by atoms with Gasteiger partial charge in [-0.15, -0.1) is 0 Å². The number of rotatable bonds is 3. The Kier molecular flexibility index (Phi) is 4.86. The summed E-state index contributed by atoms with van der Waals surface area (Å²) in [6.45, 7) is 4.63. The molecule has 2 fully saturated rings. The van der Waals surface area contributed by atoms with Crippen LogP contribution in [0.5, 0.6) is 0 Å². The number of aliphatic carboxylic acids is 1. The molecule has 2 rings (SSSR count). The summed E-state index contributed by atoms with van der Waals surface area (Å²) >= 11 is 0. The van der Waals surface area contributed by atoms with E-state index >= 15 is 0 Å². The molecular weight excluding hydrogens is 260 g/mol. The molecule has 2 aliphatic rings. The molecule has 0 saturated carbocycles. The van der Waals surface area contributed by atoms with Gasteiger partial charge in [0.1, 0.15) is 0 Å². The van der Waals surface area contributed by atoms with Crippen LogP contribution in [-0.4, -0.2) is 53.8 Å². The topological polar surface area (TPSA) is 78.9 Å². The molecule has 0 bridgehead atoms. The van der Waals surface area contributed by atoms with E-state index in [0.717, 1.165) is 32.3 Å². The average molecular weight is 284 g/mol. The molecular formula is C14H24N2O4. The molecule has 114 valence electrons. The van der Waals surface area contributed by atoms with Crippen LogP contribution in [0.25, 0.3) is 0 Å². The third-order valence-electron chi connectivity index (χ3n) is 4.21. The maximum absolute atomic E-state index is 12.2. The van der Waals surface area contributed by atoms with Gasteiger partial charge < -0.3 is 20.1 Å². The van der Waals surface area contributed by atoms with Crippen molar-refractivity contribution in [3.05, 3.63) is 0 Å². The number of amides is 2. The first-order valence-electron chi connectivity index (χ1n) is 7.35. The van der Waals surface area contributed by atoms with E-state index in [1.807, 2.05) is 6.92 Å². The average Bonchev–Trinajstić information content (AvgIpc) is 2.39. The molecule has 6 heteroatoms. The molecule has 2 N–H and O–H groups in total. The van der Waals surface area contributed by atoms with Crippen molar-refractivity contribution >= 4 is 12.0 Å². The second-order valence-electron chi connectivity index (χ2n) is 6.18. The van der Waals surface area contributed by atoms with Crippen LogP contribution in [-0.2, 0) is 9.53 Å². The number of likely N-dealkylation sites (tertiary alicyclic amines) is 1. The number of carboxylic acids is 1. The Labute approximate surface area is 119 Å². The monoisotopic (exact) mass is 284 g/mol. The Morgan fingerprint density at radius 3 is 2.65 bits per heavy atom. The summed E-state index contributed by atoms with van der Waals surface area (Å²) in [5.74, 6) is -0.551. The van der Waals surface area contributed by atoms with Crippen molar-refractivity contribution < 1.29 is 19.4 Å². The highest BCUT2D eigenvalue weighted by Gasteiger charge is 2.32. The molecule has 1 unspecified atom stereocenters.